The van der Waals surface area contributed by atoms with Gasteiger partial charge >= 0.3 is 6.03 Å². The molecule has 4 aromatic rings. The highest BCUT2D eigenvalue weighted by Crippen LogP contribution is 2.22. The number of nitrogens with zero attached hydrogens (tertiary/aromatic N) is 3. The van der Waals surface area contributed by atoms with Crippen LogP contribution in [0.3, 0.4) is 0 Å². The minimum Gasteiger partial charge on any atom is -0.394 e. The van der Waals surface area contributed by atoms with E-state index in [2.05, 4.69) is 43.0 Å². The Morgan fingerprint density at radius 2 is 1.80 bits per heavy atom. The molecule has 8 nitrogen and oxygen atoms in total. The average molecular weight is 491 g/mol. The predicted molar refractivity (Wildman–Crippen MR) is 139 cm³/mol. The summed E-state index contributed by atoms with van der Waals surface area (Å²) in [7, 11) is 0. The molecular formula is C26H27ClN6O2. The van der Waals surface area contributed by atoms with Crippen molar-refractivity contribution < 1.29 is 9.90 Å². The van der Waals surface area contributed by atoms with Gasteiger partial charge in [-0.2, -0.15) is 0 Å². The van der Waals surface area contributed by atoms with Gasteiger partial charge in [-0.15, -0.1) is 0 Å². The molecule has 0 unspecified atom stereocenters. The number of aryl methyl sites for hydroxylation is 1. The smallest absolute Gasteiger partial charge is 0.320 e. The van der Waals surface area contributed by atoms with E-state index in [4.69, 9.17) is 11.6 Å². The SMILES string of the molecule is O=C(NCCCCc1ccccc1)Nc1ccc2ncc(N[C@H](CO)c3cccc(Cl)c3)nc2n1. The summed E-state index contributed by atoms with van der Waals surface area (Å²) < 4.78 is 0. The number of aliphatic hydroxyl groups excluding tert-OH is 1. The summed E-state index contributed by atoms with van der Waals surface area (Å²) in [5.41, 5.74) is 3.08. The Morgan fingerprint density at radius 1 is 0.971 bits per heavy atom. The highest BCUT2D eigenvalue weighted by molar-refractivity contribution is 6.30. The Balaban J connectivity index is 1.32. The van der Waals surface area contributed by atoms with Gasteiger partial charge in [0.05, 0.1) is 18.8 Å². The number of amides is 2. The lowest BCUT2D eigenvalue weighted by Gasteiger charge is -2.17. The molecule has 0 aliphatic carbocycles. The van der Waals surface area contributed by atoms with Crippen LogP contribution in [0, 0.1) is 0 Å². The van der Waals surface area contributed by atoms with Crippen LogP contribution in [0.15, 0.2) is 72.9 Å². The zero-order valence-electron chi connectivity index (χ0n) is 19.1. The van der Waals surface area contributed by atoms with Gasteiger partial charge in [0.25, 0.3) is 0 Å². The number of hydrogen-bond donors (Lipinski definition) is 4. The number of pyridine rings is 1. The Morgan fingerprint density at radius 3 is 2.60 bits per heavy atom. The van der Waals surface area contributed by atoms with Gasteiger partial charge in [-0.05, 0) is 54.7 Å². The third-order valence-electron chi connectivity index (χ3n) is 5.42. The molecule has 0 fully saturated rings. The largest absolute Gasteiger partial charge is 0.394 e. The molecule has 2 heterocycles. The molecule has 35 heavy (non-hydrogen) atoms. The van der Waals surface area contributed by atoms with Gasteiger partial charge in [-0.3, -0.25) is 5.32 Å². The van der Waals surface area contributed by atoms with Crippen molar-refractivity contribution in [2.75, 3.05) is 23.8 Å². The molecule has 0 aliphatic rings. The summed E-state index contributed by atoms with van der Waals surface area (Å²) >= 11 is 6.07. The first-order valence-corrected chi connectivity index (χ1v) is 11.8. The molecule has 4 rings (SSSR count). The van der Waals surface area contributed by atoms with Gasteiger partial charge in [0.1, 0.15) is 17.2 Å². The summed E-state index contributed by atoms with van der Waals surface area (Å²) in [4.78, 5) is 25.5. The fourth-order valence-corrected chi connectivity index (χ4v) is 3.83. The topological polar surface area (TPSA) is 112 Å². The number of halogens is 1. The third kappa shape index (κ3) is 7.11. The van der Waals surface area contributed by atoms with Crippen LogP contribution in [-0.2, 0) is 6.42 Å². The van der Waals surface area contributed by atoms with Crippen LogP contribution in [0.4, 0.5) is 16.4 Å². The van der Waals surface area contributed by atoms with Crippen molar-refractivity contribution in [2.45, 2.75) is 25.3 Å². The number of anilines is 2. The van der Waals surface area contributed by atoms with Gasteiger partial charge in [0.2, 0.25) is 0 Å². The molecule has 0 saturated carbocycles. The van der Waals surface area contributed by atoms with E-state index in [0.29, 0.717) is 34.4 Å². The first-order valence-electron chi connectivity index (χ1n) is 11.5. The lowest BCUT2D eigenvalue weighted by molar-refractivity contribution is 0.252. The van der Waals surface area contributed by atoms with Crippen molar-refractivity contribution in [3.63, 3.8) is 0 Å². The fraction of sp³-hybridized carbons (Fsp3) is 0.231. The Labute approximate surface area is 208 Å². The van der Waals surface area contributed by atoms with Crippen molar-refractivity contribution in [1.82, 2.24) is 20.3 Å². The lowest BCUT2D eigenvalue weighted by Crippen LogP contribution is -2.29. The zero-order chi connectivity index (χ0) is 24.5. The van der Waals surface area contributed by atoms with Crippen LogP contribution < -0.4 is 16.0 Å². The van der Waals surface area contributed by atoms with Gasteiger partial charge in [0.15, 0.2) is 5.65 Å². The van der Waals surface area contributed by atoms with Crippen LogP contribution in [0.2, 0.25) is 5.02 Å². The summed E-state index contributed by atoms with van der Waals surface area (Å²) in [5, 5.41) is 19.2. The van der Waals surface area contributed by atoms with Gasteiger partial charge < -0.3 is 15.7 Å². The third-order valence-corrected chi connectivity index (χ3v) is 5.66. The van der Waals surface area contributed by atoms with E-state index >= 15 is 0 Å². The summed E-state index contributed by atoms with van der Waals surface area (Å²) in [6.07, 6.45) is 4.44. The molecule has 0 bridgehead atoms. The van der Waals surface area contributed by atoms with Gasteiger partial charge in [-0.1, -0.05) is 54.1 Å². The minimum atomic E-state index is -0.408. The van der Waals surface area contributed by atoms with E-state index in [0.717, 1.165) is 24.8 Å². The van der Waals surface area contributed by atoms with Crippen molar-refractivity contribution in [3.8, 4) is 0 Å². The molecule has 2 amide bonds. The number of fused-ring (bicyclic) bond motifs is 1. The highest BCUT2D eigenvalue weighted by atomic mass is 35.5. The van der Waals surface area contributed by atoms with E-state index < -0.39 is 6.04 Å². The number of carbonyl (C=O) groups is 1. The van der Waals surface area contributed by atoms with Crippen molar-refractivity contribution in [1.29, 1.82) is 0 Å². The maximum Gasteiger partial charge on any atom is 0.320 e. The molecule has 180 valence electrons. The van der Waals surface area contributed by atoms with E-state index in [1.807, 2.05) is 30.3 Å². The van der Waals surface area contributed by atoms with Crippen LogP contribution >= 0.6 is 11.6 Å². The van der Waals surface area contributed by atoms with E-state index in [1.54, 1.807) is 30.5 Å². The van der Waals surface area contributed by atoms with E-state index in [-0.39, 0.29) is 12.6 Å². The van der Waals surface area contributed by atoms with E-state index in [1.165, 1.54) is 5.56 Å². The number of rotatable bonds is 10. The molecule has 0 radical (unpaired) electrons. The Hall–Kier alpha value is -3.75. The first-order chi connectivity index (χ1) is 17.1. The molecule has 4 N–H and O–H groups in total. The molecule has 2 aromatic heterocycles. The Bertz CT molecular complexity index is 1270. The van der Waals surface area contributed by atoms with Gasteiger partial charge in [-0.25, -0.2) is 19.7 Å². The molecular weight excluding hydrogens is 464 g/mol. The van der Waals surface area contributed by atoms with Crippen molar-refractivity contribution >= 4 is 40.4 Å². The number of aliphatic hydroxyl groups is 1. The number of nitrogens with one attached hydrogen (secondary N) is 3. The second-order valence-corrected chi connectivity index (χ2v) is 8.49. The Kier molecular flexibility index (Phi) is 8.43. The molecule has 2 aromatic carbocycles. The molecule has 0 spiro atoms. The van der Waals surface area contributed by atoms with Gasteiger partial charge in [0, 0.05) is 11.6 Å². The van der Waals surface area contributed by atoms with Crippen LogP contribution in [-0.4, -0.2) is 39.2 Å². The second-order valence-electron chi connectivity index (χ2n) is 8.05. The zero-order valence-corrected chi connectivity index (χ0v) is 19.9. The maximum absolute atomic E-state index is 12.3. The first kappa shape index (κ1) is 24.4. The highest BCUT2D eigenvalue weighted by Gasteiger charge is 2.13. The van der Waals surface area contributed by atoms with Crippen LogP contribution in [0.5, 0.6) is 0 Å². The predicted octanol–water partition coefficient (Wildman–Crippen LogP) is 4.97. The monoisotopic (exact) mass is 490 g/mol. The summed E-state index contributed by atoms with van der Waals surface area (Å²) in [6.45, 7) is 0.423. The number of hydrogen-bond acceptors (Lipinski definition) is 6. The molecule has 9 heteroatoms. The second kappa shape index (κ2) is 12.1. The maximum atomic E-state index is 12.3. The molecule has 1 atom stereocenters. The number of benzene rings is 2. The van der Waals surface area contributed by atoms with E-state index in [9.17, 15) is 9.90 Å². The summed E-state index contributed by atoms with van der Waals surface area (Å²) in [6, 6.07) is 20.2. The number of urea groups is 1. The lowest BCUT2D eigenvalue weighted by atomic mass is 10.1. The average Bonchev–Trinajstić information content (AvgIpc) is 2.87. The number of unbranched alkanes of at least 4 members (excludes halogenated alkanes) is 1. The normalized spacial score (nSPS) is 11.7. The molecule has 0 saturated heterocycles. The van der Waals surface area contributed by atoms with Crippen molar-refractivity contribution in [3.05, 3.63) is 89.1 Å². The quantitative estimate of drug-likeness (QED) is 0.233. The van der Waals surface area contributed by atoms with Crippen molar-refractivity contribution in [2.24, 2.45) is 0 Å². The standard InChI is InChI=1S/C26H27ClN6O2/c27-20-11-6-10-19(15-20)22(17-34)30-24-16-29-21-12-13-23(31-25(21)32-24)33-26(35)28-14-5-4-9-18-7-2-1-3-8-18/h1-3,6-8,10-13,15-16,22,34H,4-5,9,14,17H2,(H3,28,30,31,32,33,35)/t22-/m1/s1. The fourth-order valence-electron chi connectivity index (χ4n) is 3.63. The number of aromatic nitrogens is 3. The number of carbonyl (C=O) groups excluding carboxylic acids is 1. The van der Waals surface area contributed by atoms with Crippen LogP contribution in [0.1, 0.15) is 30.0 Å². The summed E-state index contributed by atoms with van der Waals surface area (Å²) in [5.74, 6) is 0.823. The van der Waals surface area contributed by atoms with Crippen LogP contribution in [0.25, 0.3) is 11.2 Å². The minimum absolute atomic E-state index is 0.152. The molecule has 0 aliphatic heterocycles.